The highest BCUT2D eigenvalue weighted by Gasteiger charge is 2.11. The minimum atomic E-state index is -0.202. The molecule has 0 radical (unpaired) electrons. The zero-order valence-corrected chi connectivity index (χ0v) is 11.8. The van der Waals surface area contributed by atoms with Gasteiger partial charge in [0.25, 0.3) is 0 Å². The molecule has 0 fully saturated rings. The number of halogens is 2. The van der Waals surface area contributed by atoms with E-state index in [9.17, 15) is 4.39 Å². The third-order valence-corrected chi connectivity index (χ3v) is 4.37. The molecule has 0 spiro atoms. The van der Waals surface area contributed by atoms with Gasteiger partial charge in [0.2, 0.25) is 0 Å². The second-order valence-corrected chi connectivity index (χ2v) is 5.87. The van der Waals surface area contributed by atoms with Crippen molar-refractivity contribution in [1.29, 1.82) is 0 Å². The van der Waals surface area contributed by atoms with E-state index < -0.39 is 0 Å². The molecule has 0 aliphatic rings. The third kappa shape index (κ3) is 2.76. The Bertz CT molecular complexity index is 524. The van der Waals surface area contributed by atoms with Crippen LogP contribution >= 0.6 is 27.3 Å². The summed E-state index contributed by atoms with van der Waals surface area (Å²) in [5, 5.41) is 0. The molecule has 0 saturated heterocycles. The maximum Gasteiger partial charge on any atom is 0.131 e. The lowest BCUT2D eigenvalue weighted by Crippen LogP contribution is -2.05. The largest absolute Gasteiger partial charge is 0.323 e. The molecule has 1 nitrogen and oxygen atoms in total. The zero-order chi connectivity index (χ0) is 12.4. The number of hydrogen-bond acceptors (Lipinski definition) is 2. The van der Waals surface area contributed by atoms with Crippen molar-refractivity contribution < 1.29 is 4.39 Å². The van der Waals surface area contributed by atoms with Gasteiger partial charge >= 0.3 is 0 Å². The van der Waals surface area contributed by atoms with Crippen molar-refractivity contribution in [1.82, 2.24) is 0 Å². The van der Waals surface area contributed by atoms with Crippen LogP contribution in [0.15, 0.2) is 34.8 Å². The van der Waals surface area contributed by atoms with Crippen LogP contribution < -0.4 is 5.73 Å². The summed E-state index contributed by atoms with van der Waals surface area (Å²) >= 11 is 4.91. The van der Waals surface area contributed by atoms with Crippen LogP contribution in [-0.4, -0.2) is 0 Å². The lowest BCUT2D eigenvalue weighted by atomic mass is 10.1. The molecule has 2 N–H and O–H groups in total. The Balaban J connectivity index is 2.40. The molecule has 1 aromatic carbocycles. The summed E-state index contributed by atoms with van der Waals surface area (Å²) in [5.74, 6) is -0.202. The van der Waals surface area contributed by atoms with E-state index in [0.717, 1.165) is 20.6 Å². The molecule has 1 heterocycles. The molecule has 0 aliphatic heterocycles. The fourth-order valence-corrected chi connectivity index (χ4v) is 3.06. The van der Waals surface area contributed by atoms with E-state index in [1.54, 1.807) is 23.5 Å². The molecule has 0 bridgehead atoms. The molecule has 1 unspecified atom stereocenters. The van der Waals surface area contributed by atoms with Crippen LogP contribution in [0.25, 0.3) is 10.4 Å². The number of thiophene rings is 1. The van der Waals surface area contributed by atoms with Gasteiger partial charge in [-0.15, -0.1) is 11.3 Å². The summed E-state index contributed by atoms with van der Waals surface area (Å²) in [4.78, 5) is 2.02. The SMILES string of the molecule is CCC(N)c1ccc(-c2cc(Br)ccc2F)s1. The van der Waals surface area contributed by atoms with Crippen LogP contribution in [0, 0.1) is 5.82 Å². The predicted octanol–water partition coefficient (Wildman–Crippen LogP) is 4.73. The van der Waals surface area contributed by atoms with Gasteiger partial charge in [0.1, 0.15) is 5.82 Å². The van der Waals surface area contributed by atoms with Gasteiger partial charge in [0, 0.05) is 25.8 Å². The van der Waals surface area contributed by atoms with Gasteiger partial charge in [-0.1, -0.05) is 22.9 Å². The van der Waals surface area contributed by atoms with E-state index in [2.05, 4.69) is 15.9 Å². The molecule has 0 aliphatic carbocycles. The lowest BCUT2D eigenvalue weighted by molar-refractivity contribution is 0.631. The summed E-state index contributed by atoms with van der Waals surface area (Å²) in [6.45, 7) is 2.05. The highest BCUT2D eigenvalue weighted by Crippen LogP contribution is 2.34. The smallest absolute Gasteiger partial charge is 0.131 e. The summed E-state index contributed by atoms with van der Waals surface area (Å²) < 4.78 is 14.6. The van der Waals surface area contributed by atoms with E-state index in [4.69, 9.17) is 5.73 Å². The van der Waals surface area contributed by atoms with E-state index in [0.29, 0.717) is 5.56 Å². The van der Waals surface area contributed by atoms with E-state index in [-0.39, 0.29) is 11.9 Å². The Hall–Kier alpha value is -0.710. The highest BCUT2D eigenvalue weighted by molar-refractivity contribution is 9.10. The molecule has 1 aromatic heterocycles. The van der Waals surface area contributed by atoms with Crippen LogP contribution in [0.2, 0.25) is 0 Å². The van der Waals surface area contributed by atoms with Gasteiger partial charge in [-0.2, -0.15) is 0 Å². The minimum absolute atomic E-state index is 0.0453. The first-order valence-corrected chi connectivity index (χ1v) is 7.03. The normalized spacial score (nSPS) is 12.7. The Morgan fingerprint density at radius 1 is 1.35 bits per heavy atom. The van der Waals surface area contributed by atoms with Crippen LogP contribution in [0.3, 0.4) is 0 Å². The Kier molecular flexibility index (Phi) is 3.97. The van der Waals surface area contributed by atoms with Crippen molar-refractivity contribution in [2.45, 2.75) is 19.4 Å². The Morgan fingerprint density at radius 3 is 2.82 bits per heavy atom. The van der Waals surface area contributed by atoms with Gasteiger partial charge in [0.15, 0.2) is 0 Å². The summed E-state index contributed by atoms with van der Waals surface area (Å²) in [6, 6.07) is 8.92. The highest BCUT2D eigenvalue weighted by atomic mass is 79.9. The summed E-state index contributed by atoms with van der Waals surface area (Å²) in [5.41, 5.74) is 6.59. The van der Waals surface area contributed by atoms with Gasteiger partial charge in [-0.3, -0.25) is 0 Å². The van der Waals surface area contributed by atoms with Crippen molar-refractivity contribution >= 4 is 27.3 Å². The standard InChI is InChI=1S/C13H13BrFNS/c1-2-11(16)13-6-5-12(17-13)9-7-8(14)3-4-10(9)15/h3-7,11H,2,16H2,1H3. The molecule has 2 aromatic rings. The van der Waals surface area contributed by atoms with Crippen molar-refractivity contribution in [2.24, 2.45) is 5.73 Å². The van der Waals surface area contributed by atoms with Crippen LogP contribution in [0.5, 0.6) is 0 Å². The summed E-state index contributed by atoms with van der Waals surface area (Å²) in [7, 11) is 0. The Labute approximate surface area is 113 Å². The predicted molar refractivity (Wildman–Crippen MR) is 74.6 cm³/mol. The lowest BCUT2D eigenvalue weighted by Gasteiger charge is -2.04. The van der Waals surface area contributed by atoms with Crippen LogP contribution in [0.4, 0.5) is 4.39 Å². The maximum absolute atomic E-state index is 13.7. The molecule has 0 saturated carbocycles. The van der Waals surface area contributed by atoms with E-state index in [1.165, 1.54) is 6.07 Å². The molecule has 17 heavy (non-hydrogen) atoms. The first-order chi connectivity index (χ1) is 8.11. The second-order valence-electron chi connectivity index (χ2n) is 3.84. The topological polar surface area (TPSA) is 26.0 Å². The molecule has 0 amide bonds. The van der Waals surface area contributed by atoms with Crippen molar-refractivity contribution in [3.8, 4) is 10.4 Å². The second kappa shape index (κ2) is 5.29. The number of rotatable bonds is 3. The first-order valence-electron chi connectivity index (χ1n) is 5.42. The summed E-state index contributed by atoms with van der Waals surface area (Å²) in [6.07, 6.45) is 0.890. The zero-order valence-electron chi connectivity index (χ0n) is 9.41. The van der Waals surface area contributed by atoms with Crippen LogP contribution in [-0.2, 0) is 0 Å². The average molecular weight is 314 g/mol. The number of nitrogens with two attached hydrogens (primary N) is 1. The average Bonchev–Trinajstić information content (AvgIpc) is 2.80. The van der Waals surface area contributed by atoms with Crippen molar-refractivity contribution in [3.63, 3.8) is 0 Å². The van der Waals surface area contributed by atoms with Gasteiger partial charge < -0.3 is 5.73 Å². The van der Waals surface area contributed by atoms with E-state index >= 15 is 0 Å². The third-order valence-electron chi connectivity index (χ3n) is 2.63. The molecular weight excluding hydrogens is 301 g/mol. The maximum atomic E-state index is 13.7. The van der Waals surface area contributed by atoms with Gasteiger partial charge in [-0.25, -0.2) is 4.39 Å². The monoisotopic (exact) mass is 313 g/mol. The fourth-order valence-electron chi connectivity index (χ4n) is 1.58. The quantitative estimate of drug-likeness (QED) is 0.871. The van der Waals surface area contributed by atoms with E-state index in [1.807, 2.05) is 19.1 Å². The van der Waals surface area contributed by atoms with Gasteiger partial charge in [0.05, 0.1) is 0 Å². The molecule has 2 rings (SSSR count). The van der Waals surface area contributed by atoms with Gasteiger partial charge in [-0.05, 0) is 36.8 Å². The van der Waals surface area contributed by atoms with Crippen molar-refractivity contribution in [2.75, 3.05) is 0 Å². The minimum Gasteiger partial charge on any atom is -0.323 e. The fraction of sp³-hybridized carbons (Fsp3) is 0.231. The molecular formula is C13H13BrFNS. The molecule has 90 valence electrons. The Morgan fingerprint density at radius 2 is 2.12 bits per heavy atom. The molecule has 1 atom stereocenters. The number of hydrogen-bond donors (Lipinski definition) is 1. The molecule has 4 heteroatoms. The number of benzene rings is 1. The van der Waals surface area contributed by atoms with Crippen LogP contribution in [0.1, 0.15) is 24.3 Å². The van der Waals surface area contributed by atoms with Crippen molar-refractivity contribution in [3.05, 3.63) is 45.5 Å². The first kappa shape index (κ1) is 12.7.